The molecule has 0 fully saturated rings. The van der Waals surface area contributed by atoms with Crippen LogP contribution < -0.4 is 0 Å². The second kappa shape index (κ2) is 7.77. The van der Waals surface area contributed by atoms with Crippen LogP contribution in [0.4, 0.5) is 0 Å². The summed E-state index contributed by atoms with van der Waals surface area (Å²) in [4.78, 5) is 0. The van der Waals surface area contributed by atoms with Crippen LogP contribution in [0.25, 0.3) is 0 Å². The summed E-state index contributed by atoms with van der Waals surface area (Å²) in [6, 6.07) is 0. The normalized spacial score (nSPS) is 14.0. The Balaban J connectivity index is 3.39. The molecule has 3 heteroatoms. The minimum Gasteiger partial charge on any atom is -0.616 e. The van der Waals surface area contributed by atoms with Gasteiger partial charge in [0.2, 0.25) is 0 Å². The van der Waals surface area contributed by atoms with Gasteiger partial charge in [-0.1, -0.05) is 20.4 Å². The van der Waals surface area contributed by atoms with Crippen molar-refractivity contribution < 1.29 is 4.55 Å². The van der Waals surface area contributed by atoms with Gasteiger partial charge >= 0.3 is 0 Å². The van der Waals surface area contributed by atoms with E-state index in [1.54, 1.807) is 17.8 Å². The third-order valence-electron chi connectivity index (χ3n) is 1.03. The first-order valence-electron chi connectivity index (χ1n) is 3.93. The van der Waals surface area contributed by atoms with Crippen molar-refractivity contribution >= 4 is 22.9 Å². The van der Waals surface area contributed by atoms with Crippen LogP contribution in [0, 0.1) is 0 Å². The topological polar surface area (TPSA) is 23.1 Å². The summed E-state index contributed by atoms with van der Waals surface area (Å²) in [5.41, 5.74) is 0. The molecule has 0 saturated carbocycles. The summed E-state index contributed by atoms with van der Waals surface area (Å²) in [7, 11) is 0. The SMILES string of the molecule is C=CC[S+]([O-])C/C=C/SC(C)C. The minimum absolute atomic E-state index is 0.594. The highest BCUT2D eigenvalue weighted by molar-refractivity contribution is 8.02. The molecule has 1 unspecified atom stereocenters. The van der Waals surface area contributed by atoms with Gasteiger partial charge in [-0.25, -0.2) is 0 Å². The summed E-state index contributed by atoms with van der Waals surface area (Å²) < 4.78 is 11.1. The van der Waals surface area contributed by atoms with Crippen molar-refractivity contribution in [3.8, 4) is 0 Å². The van der Waals surface area contributed by atoms with Gasteiger partial charge < -0.3 is 4.55 Å². The van der Waals surface area contributed by atoms with Gasteiger partial charge in [0, 0.05) is 5.25 Å². The second-order valence-electron chi connectivity index (χ2n) is 2.62. The molecular formula is C9H16OS2. The molecule has 0 aliphatic carbocycles. The Bertz CT molecular complexity index is 143. The Labute approximate surface area is 82.5 Å². The molecular weight excluding hydrogens is 188 g/mol. The molecule has 0 rings (SSSR count). The van der Waals surface area contributed by atoms with E-state index < -0.39 is 11.2 Å². The predicted octanol–water partition coefficient (Wildman–Crippen LogP) is 2.58. The van der Waals surface area contributed by atoms with Gasteiger partial charge in [0.05, 0.1) is 0 Å². The smallest absolute Gasteiger partial charge is 0.124 e. The molecule has 0 heterocycles. The standard InChI is InChI=1S/C9H16OS2/c1-4-7-12(10)8-5-6-11-9(2)3/h4-6,9H,1,7-8H2,2-3H3/b6-5+. The Morgan fingerprint density at radius 1 is 1.50 bits per heavy atom. The number of rotatable bonds is 6. The molecule has 0 aromatic heterocycles. The second-order valence-corrected chi connectivity index (χ2v) is 5.65. The molecule has 1 atom stereocenters. The van der Waals surface area contributed by atoms with Crippen LogP contribution in [-0.2, 0) is 11.2 Å². The van der Waals surface area contributed by atoms with E-state index in [0.717, 1.165) is 0 Å². The monoisotopic (exact) mass is 204 g/mol. The lowest BCUT2D eigenvalue weighted by molar-refractivity contribution is 0.601. The van der Waals surface area contributed by atoms with Gasteiger partial charge in [0.15, 0.2) is 0 Å². The van der Waals surface area contributed by atoms with Crippen LogP contribution in [0.1, 0.15) is 13.8 Å². The maximum Gasteiger partial charge on any atom is 0.124 e. The Morgan fingerprint density at radius 2 is 2.17 bits per heavy atom. The lowest BCUT2D eigenvalue weighted by atomic mass is 10.6. The Kier molecular flexibility index (Phi) is 7.86. The van der Waals surface area contributed by atoms with Gasteiger partial charge in [0.1, 0.15) is 11.5 Å². The highest BCUT2D eigenvalue weighted by atomic mass is 32.2. The third-order valence-corrected chi connectivity index (χ3v) is 3.10. The fourth-order valence-electron chi connectivity index (χ4n) is 0.559. The summed E-state index contributed by atoms with van der Waals surface area (Å²) in [6.07, 6.45) is 3.66. The molecule has 70 valence electrons. The maximum absolute atomic E-state index is 11.1. The molecule has 0 aromatic carbocycles. The van der Waals surface area contributed by atoms with Crippen LogP contribution in [0.15, 0.2) is 24.1 Å². The maximum atomic E-state index is 11.1. The molecule has 0 aliphatic rings. The zero-order valence-electron chi connectivity index (χ0n) is 7.66. The summed E-state index contributed by atoms with van der Waals surface area (Å²) in [6.45, 7) is 7.80. The molecule has 0 spiro atoms. The third kappa shape index (κ3) is 8.24. The van der Waals surface area contributed by atoms with Gasteiger partial charge in [-0.15, -0.1) is 11.8 Å². The molecule has 0 aliphatic heterocycles. The van der Waals surface area contributed by atoms with Gasteiger partial charge in [-0.3, -0.25) is 0 Å². The molecule has 0 amide bonds. The lowest BCUT2D eigenvalue weighted by Gasteiger charge is -2.04. The van der Waals surface area contributed by atoms with Crippen molar-refractivity contribution in [3.63, 3.8) is 0 Å². The van der Waals surface area contributed by atoms with Crippen LogP contribution in [0.2, 0.25) is 0 Å². The average molecular weight is 204 g/mol. The first kappa shape index (κ1) is 12.1. The van der Waals surface area contributed by atoms with E-state index in [1.807, 2.05) is 11.5 Å². The van der Waals surface area contributed by atoms with Crippen molar-refractivity contribution in [3.05, 3.63) is 24.1 Å². The van der Waals surface area contributed by atoms with Crippen LogP contribution in [0.3, 0.4) is 0 Å². The summed E-state index contributed by atoms with van der Waals surface area (Å²) in [5, 5.41) is 2.63. The van der Waals surface area contributed by atoms with E-state index in [4.69, 9.17) is 0 Å². The number of hydrogen-bond donors (Lipinski definition) is 0. The summed E-state index contributed by atoms with van der Waals surface area (Å²) in [5.74, 6) is 1.24. The molecule has 0 saturated heterocycles. The van der Waals surface area contributed by atoms with E-state index in [2.05, 4.69) is 20.4 Å². The first-order valence-corrected chi connectivity index (χ1v) is 6.36. The Hall–Kier alpha value is 0.140. The molecule has 0 bridgehead atoms. The van der Waals surface area contributed by atoms with Crippen molar-refractivity contribution in [1.29, 1.82) is 0 Å². The minimum atomic E-state index is -0.753. The first-order chi connectivity index (χ1) is 5.66. The fraction of sp³-hybridized carbons (Fsp3) is 0.556. The molecule has 0 aromatic rings. The molecule has 12 heavy (non-hydrogen) atoms. The molecule has 0 radical (unpaired) electrons. The van der Waals surface area contributed by atoms with E-state index in [1.165, 1.54) is 0 Å². The zero-order valence-corrected chi connectivity index (χ0v) is 9.29. The Morgan fingerprint density at radius 3 is 2.67 bits per heavy atom. The summed E-state index contributed by atoms with van der Waals surface area (Å²) >= 11 is 0.998. The average Bonchev–Trinajstić information content (AvgIpc) is 1.98. The van der Waals surface area contributed by atoms with Gasteiger partial charge in [-0.2, -0.15) is 0 Å². The van der Waals surface area contributed by atoms with E-state index >= 15 is 0 Å². The van der Waals surface area contributed by atoms with Gasteiger partial charge in [0.25, 0.3) is 0 Å². The van der Waals surface area contributed by atoms with Crippen molar-refractivity contribution in [1.82, 2.24) is 0 Å². The molecule has 1 nitrogen and oxygen atoms in total. The van der Waals surface area contributed by atoms with E-state index in [9.17, 15) is 4.55 Å². The lowest BCUT2D eigenvalue weighted by Crippen LogP contribution is -2.06. The van der Waals surface area contributed by atoms with E-state index in [0.29, 0.717) is 16.8 Å². The largest absolute Gasteiger partial charge is 0.616 e. The van der Waals surface area contributed by atoms with Crippen molar-refractivity contribution in [2.45, 2.75) is 19.1 Å². The predicted molar refractivity (Wildman–Crippen MR) is 59.9 cm³/mol. The van der Waals surface area contributed by atoms with E-state index in [-0.39, 0.29) is 0 Å². The quantitative estimate of drug-likeness (QED) is 0.490. The van der Waals surface area contributed by atoms with Gasteiger partial charge in [-0.05, 0) is 28.7 Å². The zero-order chi connectivity index (χ0) is 9.40. The highest BCUT2D eigenvalue weighted by Crippen LogP contribution is 2.10. The van der Waals surface area contributed by atoms with Crippen LogP contribution >= 0.6 is 11.8 Å². The molecule has 0 N–H and O–H groups in total. The highest BCUT2D eigenvalue weighted by Gasteiger charge is 1.97. The number of thioether (sulfide) groups is 1. The van der Waals surface area contributed by atoms with Crippen molar-refractivity contribution in [2.24, 2.45) is 0 Å². The van der Waals surface area contributed by atoms with Crippen LogP contribution in [-0.4, -0.2) is 21.3 Å². The number of hydrogen-bond acceptors (Lipinski definition) is 2. The van der Waals surface area contributed by atoms with Crippen molar-refractivity contribution in [2.75, 3.05) is 11.5 Å². The van der Waals surface area contributed by atoms with Crippen LogP contribution in [0.5, 0.6) is 0 Å². The fourth-order valence-corrected chi connectivity index (χ4v) is 1.91.